The molecule has 0 bridgehead atoms. The molecule has 0 aromatic rings. The van der Waals surface area contributed by atoms with Gasteiger partial charge in [-0.3, -0.25) is 4.79 Å². The van der Waals surface area contributed by atoms with Crippen molar-refractivity contribution in [2.45, 2.75) is 45.7 Å². The normalized spacial score (nSPS) is 17.3. The van der Waals surface area contributed by atoms with E-state index in [4.69, 9.17) is 5.73 Å². The van der Waals surface area contributed by atoms with Gasteiger partial charge in [-0.25, -0.2) is 0 Å². The highest BCUT2D eigenvalue weighted by atomic mass is 16.5. The summed E-state index contributed by atoms with van der Waals surface area (Å²) < 4.78 is 4.68. The third-order valence-electron chi connectivity index (χ3n) is 2.81. The van der Waals surface area contributed by atoms with Gasteiger partial charge in [0.15, 0.2) is 0 Å². The highest BCUT2D eigenvalue weighted by Crippen LogP contribution is 2.15. The Morgan fingerprint density at radius 2 is 1.93 bits per heavy atom. The minimum atomic E-state index is -0.892. The van der Waals surface area contributed by atoms with E-state index < -0.39 is 5.54 Å². The molecule has 0 amide bonds. The quantitative estimate of drug-likeness (QED) is 0.673. The number of hydrogen-bond acceptors (Lipinski definition) is 4. The maximum Gasteiger partial charge on any atom is 0.325 e. The molecule has 90 valence electrons. The van der Waals surface area contributed by atoms with Crippen LogP contribution in [-0.2, 0) is 9.53 Å². The smallest absolute Gasteiger partial charge is 0.325 e. The Balaban J connectivity index is 4.37. The zero-order chi connectivity index (χ0) is 12.1. The lowest BCUT2D eigenvalue weighted by Gasteiger charge is -2.32. The lowest BCUT2D eigenvalue weighted by Crippen LogP contribution is -2.50. The van der Waals surface area contributed by atoms with Gasteiger partial charge in [0.05, 0.1) is 7.11 Å². The van der Waals surface area contributed by atoms with Crippen LogP contribution >= 0.6 is 0 Å². The Hall–Kier alpha value is -0.610. The first-order chi connectivity index (χ1) is 6.88. The topological polar surface area (TPSA) is 55.6 Å². The first-order valence-electron chi connectivity index (χ1n) is 5.50. The summed E-state index contributed by atoms with van der Waals surface area (Å²) in [7, 11) is 1.37. The third kappa shape index (κ3) is 4.18. The van der Waals surface area contributed by atoms with Gasteiger partial charge in [-0.1, -0.05) is 13.8 Å². The van der Waals surface area contributed by atoms with Crippen LogP contribution in [0.4, 0.5) is 0 Å². The number of carbonyl (C=O) groups is 1. The van der Waals surface area contributed by atoms with E-state index in [1.54, 1.807) is 6.92 Å². The van der Waals surface area contributed by atoms with Crippen LogP contribution in [0.3, 0.4) is 0 Å². The second-order valence-corrected chi connectivity index (χ2v) is 4.18. The molecule has 15 heavy (non-hydrogen) atoms. The molecule has 0 fully saturated rings. The molecule has 0 aliphatic carbocycles. The van der Waals surface area contributed by atoms with Crippen LogP contribution in [-0.4, -0.2) is 42.6 Å². The third-order valence-corrected chi connectivity index (χ3v) is 2.81. The van der Waals surface area contributed by atoms with Gasteiger partial charge in [-0.15, -0.1) is 0 Å². The lowest BCUT2D eigenvalue weighted by atomic mass is 9.94. The van der Waals surface area contributed by atoms with E-state index in [1.807, 2.05) is 0 Å². The van der Waals surface area contributed by atoms with Crippen LogP contribution in [0.25, 0.3) is 0 Å². The van der Waals surface area contributed by atoms with Crippen LogP contribution in [0.2, 0.25) is 0 Å². The molecule has 2 atom stereocenters. The fourth-order valence-electron chi connectivity index (χ4n) is 1.91. The highest BCUT2D eigenvalue weighted by molar-refractivity contribution is 5.79. The average Bonchev–Trinajstić information content (AvgIpc) is 2.17. The molecule has 0 rings (SSSR count). The van der Waals surface area contributed by atoms with Gasteiger partial charge in [-0.05, 0) is 33.4 Å². The Labute approximate surface area is 92.8 Å². The predicted molar refractivity (Wildman–Crippen MR) is 61.6 cm³/mol. The van der Waals surface area contributed by atoms with E-state index >= 15 is 0 Å². The second kappa shape index (κ2) is 6.08. The zero-order valence-electron chi connectivity index (χ0n) is 10.5. The number of nitrogens with two attached hydrogens (primary N) is 1. The molecule has 0 aliphatic rings. The van der Waals surface area contributed by atoms with Crippen LogP contribution in [0.1, 0.15) is 34.1 Å². The minimum absolute atomic E-state index is 0.286. The summed E-state index contributed by atoms with van der Waals surface area (Å²) in [6.07, 6.45) is 0.612. The molecule has 0 aromatic heterocycles. The van der Waals surface area contributed by atoms with Crippen molar-refractivity contribution in [3.8, 4) is 0 Å². The SMILES string of the molecule is CCN(CC)C(C)CC(C)(N)C(=O)OC. The number of ether oxygens (including phenoxy) is 1. The van der Waals surface area contributed by atoms with Gasteiger partial charge in [-0.2, -0.15) is 0 Å². The molecule has 0 aliphatic heterocycles. The molecule has 4 nitrogen and oxygen atoms in total. The Kier molecular flexibility index (Phi) is 5.83. The van der Waals surface area contributed by atoms with E-state index in [1.165, 1.54) is 7.11 Å². The molecular formula is C11H24N2O2. The van der Waals surface area contributed by atoms with Crippen LogP contribution in [0.15, 0.2) is 0 Å². The van der Waals surface area contributed by atoms with E-state index in [2.05, 4.69) is 30.4 Å². The minimum Gasteiger partial charge on any atom is -0.468 e. The maximum atomic E-state index is 11.4. The summed E-state index contributed by atoms with van der Waals surface area (Å²) in [6, 6.07) is 0.286. The summed E-state index contributed by atoms with van der Waals surface area (Å²) >= 11 is 0. The van der Waals surface area contributed by atoms with Crippen LogP contribution in [0.5, 0.6) is 0 Å². The van der Waals surface area contributed by atoms with Gasteiger partial charge in [0, 0.05) is 6.04 Å². The molecule has 0 heterocycles. The number of carbonyl (C=O) groups excluding carboxylic acids is 1. The van der Waals surface area contributed by atoms with Crippen molar-refractivity contribution in [3.05, 3.63) is 0 Å². The molecule has 4 heteroatoms. The van der Waals surface area contributed by atoms with Crippen molar-refractivity contribution in [2.24, 2.45) is 5.73 Å². The summed E-state index contributed by atoms with van der Waals surface area (Å²) in [6.45, 7) is 9.95. The Bertz CT molecular complexity index is 201. The summed E-state index contributed by atoms with van der Waals surface area (Å²) in [5, 5.41) is 0. The number of esters is 1. The average molecular weight is 216 g/mol. The molecule has 0 spiro atoms. The Morgan fingerprint density at radius 3 is 2.27 bits per heavy atom. The van der Waals surface area contributed by atoms with E-state index in [0.717, 1.165) is 13.1 Å². The van der Waals surface area contributed by atoms with E-state index in [0.29, 0.717) is 6.42 Å². The molecule has 2 N–H and O–H groups in total. The van der Waals surface area contributed by atoms with Gasteiger partial charge < -0.3 is 15.4 Å². The van der Waals surface area contributed by atoms with Gasteiger partial charge in [0.25, 0.3) is 0 Å². The van der Waals surface area contributed by atoms with Crippen molar-refractivity contribution < 1.29 is 9.53 Å². The fraction of sp³-hybridized carbons (Fsp3) is 0.909. The summed E-state index contributed by atoms with van der Waals surface area (Å²) in [5.41, 5.74) is 5.03. The largest absolute Gasteiger partial charge is 0.468 e. The molecule has 0 saturated heterocycles. The molecular weight excluding hydrogens is 192 g/mol. The van der Waals surface area contributed by atoms with Crippen molar-refractivity contribution >= 4 is 5.97 Å². The first kappa shape index (κ1) is 14.4. The fourth-order valence-corrected chi connectivity index (χ4v) is 1.91. The molecule has 2 unspecified atom stereocenters. The maximum absolute atomic E-state index is 11.4. The molecule has 0 aromatic carbocycles. The number of nitrogens with zero attached hydrogens (tertiary/aromatic N) is 1. The second-order valence-electron chi connectivity index (χ2n) is 4.18. The number of methoxy groups -OCH3 is 1. The van der Waals surface area contributed by atoms with E-state index in [9.17, 15) is 4.79 Å². The number of rotatable bonds is 6. The lowest BCUT2D eigenvalue weighted by molar-refractivity contribution is -0.147. The highest BCUT2D eigenvalue weighted by Gasteiger charge is 2.32. The summed E-state index contributed by atoms with van der Waals surface area (Å²) in [5.74, 6) is -0.346. The van der Waals surface area contributed by atoms with Crippen molar-refractivity contribution in [1.29, 1.82) is 0 Å². The van der Waals surface area contributed by atoms with Crippen LogP contribution in [0, 0.1) is 0 Å². The number of hydrogen-bond donors (Lipinski definition) is 1. The first-order valence-corrected chi connectivity index (χ1v) is 5.50. The van der Waals surface area contributed by atoms with Crippen LogP contribution < -0.4 is 5.73 Å². The van der Waals surface area contributed by atoms with E-state index in [-0.39, 0.29) is 12.0 Å². The monoisotopic (exact) mass is 216 g/mol. The molecule has 0 saturated carbocycles. The Morgan fingerprint density at radius 1 is 1.47 bits per heavy atom. The van der Waals surface area contributed by atoms with Gasteiger partial charge in [0.1, 0.15) is 5.54 Å². The van der Waals surface area contributed by atoms with Crippen molar-refractivity contribution in [1.82, 2.24) is 4.90 Å². The van der Waals surface area contributed by atoms with Crippen molar-refractivity contribution in [2.75, 3.05) is 20.2 Å². The van der Waals surface area contributed by atoms with Gasteiger partial charge >= 0.3 is 5.97 Å². The standard InChI is InChI=1S/C11H24N2O2/c1-6-13(7-2)9(3)8-11(4,12)10(14)15-5/h9H,6-8,12H2,1-5H3. The predicted octanol–water partition coefficient (Wildman–Crippen LogP) is 0.997. The zero-order valence-corrected chi connectivity index (χ0v) is 10.5. The van der Waals surface area contributed by atoms with Gasteiger partial charge in [0.2, 0.25) is 0 Å². The summed E-state index contributed by atoms with van der Waals surface area (Å²) in [4.78, 5) is 13.7. The van der Waals surface area contributed by atoms with Crippen molar-refractivity contribution in [3.63, 3.8) is 0 Å². The molecule has 0 radical (unpaired) electrons.